The van der Waals surface area contributed by atoms with E-state index in [0.717, 1.165) is 41.1 Å². The number of hydrogen-bond acceptors (Lipinski definition) is 6. The first-order chi connectivity index (χ1) is 15.4. The van der Waals surface area contributed by atoms with Crippen molar-refractivity contribution in [3.63, 3.8) is 0 Å². The van der Waals surface area contributed by atoms with Crippen LogP contribution in [0.25, 0.3) is 10.4 Å². The summed E-state index contributed by atoms with van der Waals surface area (Å²) in [4.78, 5) is 28.2. The van der Waals surface area contributed by atoms with Crippen LogP contribution < -0.4 is 5.32 Å². The van der Waals surface area contributed by atoms with Gasteiger partial charge in [-0.2, -0.15) is 18.7 Å². The normalized spacial score (nSPS) is 19.2. The first-order valence-electron chi connectivity index (χ1n) is 10.7. The van der Waals surface area contributed by atoms with E-state index in [-0.39, 0.29) is 23.3 Å². The molecule has 1 saturated heterocycles. The highest BCUT2D eigenvalue weighted by atomic mass is 32.1. The van der Waals surface area contributed by atoms with Crippen LogP contribution in [-0.2, 0) is 0 Å². The summed E-state index contributed by atoms with van der Waals surface area (Å²) < 4.78 is 26.9. The molecule has 1 saturated carbocycles. The molecule has 1 N–H and O–H groups in total. The van der Waals surface area contributed by atoms with Crippen LogP contribution in [0.3, 0.4) is 0 Å². The number of likely N-dealkylation sites (tertiary alicyclic amines) is 1. The van der Waals surface area contributed by atoms with Gasteiger partial charge in [-0.3, -0.25) is 4.79 Å². The van der Waals surface area contributed by atoms with E-state index in [1.165, 1.54) is 11.3 Å². The van der Waals surface area contributed by atoms with Crippen molar-refractivity contribution in [1.29, 1.82) is 0 Å². The summed E-state index contributed by atoms with van der Waals surface area (Å²) in [6, 6.07) is 10.3. The quantitative estimate of drug-likeness (QED) is 0.566. The van der Waals surface area contributed by atoms with Gasteiger partial charge in [0.25, 0.3) is 5.91 Å². The SMILES string of the molecule is Cc1nc(C(=O)N2CCC3(CC3)CC2CNc2nc(F)cc(F)n2)c(-c2ccccc2)s1. The number of thiazole rings is 1. The second-order valence-electron chi connectivity index (χ2n) is 8.60. The van der Waals surface area contributed by atoms with Crippen molar-refractivity contribution in [2.24, 2.45) is 5.41 Å². The molecule has 1 amide bonds. The lowest BCUT2D eigenvalue weighted by Gasteiger charge is -2.40. The zero-order valence-electron chi connectivity index (χ0n) is 17.6. The van der Waals surface area contributed by atoms with Gasteiger partial charge in [0.2, 0.25) is 17.8 Å². The van der Waals surface area contributed by atoms with Gasteiger partial charge in [0.1, 0.15) is 5.69 Å². The van der Waals surface area contributed by atoms with E-state index in [1.54, 1.807) is 0 Å². The number of nitrogens with one attached hydrogen (secondary N) is 1. The molecule has 1 aromatic carbocycles. The van der Waals surface area contributed by atoms with Crippen molar-refractivity contribution < 1.29 is 13.6 Å². The maximum Gasteiger partial charge on any atom is 0.274 e. The van der Waals surface area contributed by atoms with Gasteiger partial charge in [0.05, 0.1) is 9.88 Å². The van der Waals surface area contributed by atoms with Gasteiger partial charge in [-0.05, 0) is 43.6 Å². The molecule has 1 aliphatic heterocycles. The first kappa shape index (κ1) is 20.9. The minimum Gasteiger partial charge on any atom is -0.352 e. The van der Waals surface area contributed by atoms with E-state index in [0.29, 0.717) is 24.8 Å². The van der Waals surface area contributed by atoms with Crippen LogP contribution in [0.1, 0.15) is 41.2 Å². The largest absolute Gasteiger partial charge is 0.352 e. The number of aryl methyl sites for hydroxylation is 1. The summed E-state index contributed by atoms with van der Waals surface area (Å²) in [5.74, 6) is -2.08. The summed E-state index contributed by atoms with van der Waals surface area (Å²) >= 11 is 1.51. The third kappa shape index (κ3) is 4.21. The Bertz CT molecular complexity index is 1130. The van der Waals surface area contributed by atoms with Crippen LogP contribution in [0.4, 0.5) is 14.7 Å². The van der Waals surface area contributed by atoms with Gasteiger partial charge < -0.3 is 10.2 Å². The zero-order valence-corrected chi connectivity index (χ0v) is 18.5. The molecule has 9 heteroatoms. The number of hydrogen-bond donors (Lipinski definition) is 1. The van der Waals surface area contributed by atoms with E-state index >= 15 is 0 Å². The molecule has 1 atom stereocenters. The number of carbonyl (C=O) groups excluding carboxylic acids is 1. The number of aromatic nitrogens is 3. The van der Waals surface area contributed by atoms with Crippen LogP contribution in [0.5, 0.6) is 0 Å². The lowest BCUT2D eigenvalue weighted by Crippen LogP contribution is -2.50. The second-order valence-corrected chi connectivity index (χ2v) is 9.80. The molecular weight excluding hydrogens is 432 g/mol. The third-order valence-electron chi connectivity index (χ3n) is 6.34. The molecule has 166 valence electrons. The Hall–Kier alpha value is -2.94. The second kappa shape index (κ2) is 8.20. The van der Waals surface area contributed by atoms with E-state index in [2.05, 4.69) is 20.3 Å². The molecule has 6 nitrogen and oxygen atoms in total. The number of amides is 1. The Morgan fingerprint density at radius 3 is 2.56 bits per heavy atom. The fourth-order valence-electron chi connectivity index (χ4n) is 4.50. The molecule has 2 fully saturated rings. The van der Waals surface area contributed by atoms with Crippen molar-refractivity contribution in [2.75, 3.05) is 18.4 Å². The Kier molecular flexibility index (Phi) is 5.36. The fraction of sp³-hybridized carbons (Fsp3) is 0.391. The molecule has 3 heterocycles. The van der Waals surface area contributed by atoms with Crippen LogP contribution in [0, 0.1) is 24.2 Å². The average molecular weight is 456 g/mol. The number of rotatable bonds is 5. The number of piperidine rings is 1. The highest BCUT2D eigenvalue weighted by Crippen LogP contribution is 2.55. The predicted molar refractivity (Wildman–Crippen MR) is 118 cm³/mol. The summed E-state index contributed by atoms with van der Waals surface area (Å²) in [5, 5.41) is 3.77. The molecule has 0 bridgehead atoms. The molecule has 1 aliphatic carbocycles. The van der Waals surface area contributed by atoms with Crippen LogP contribution >= 0.6 is 11.3 Å². The Morgan fingerprint density at radius 2 is 1.88 bits per heavy atom. The van der Waals surface area contributed by atoms with E-state index in [4.69, 9.17) is 0 Å². The fourth-order valence-corrected chi connectivity index (χ4v) is 5.42. The molecule has 3 aromatic rings. The Morgan fingerprint density at radius 1 is 1.16 bits per heavy atom. The van der Waals surface area contributed by atoms with E-state index in [9.17, 15) is 13.6 Å². The van der Waals surface area contributed by atoms with Crippen molar-refractivity contribution >= 4 is 23.2 Å². The molecule has 2 aliphatic rings. The summed E-state index contributed by atoms with van der Waals surface area (Å²) in [6.07, 6.45) is 4.11. The molecular formula is C23H23F2N5OS. The van der Waals surface area contributed by atoms with Gasteiger partial charge >= 0.3 is 0 Å². The summed E-state index contributed by atoms with van der Waals surface area (Å²) in [5.41, 5.74) is 1.70. The Labute approximate surface area is 188 Å². The number of halogens is 2. The molecule has 1 unspecified atom stereocenters. The number of carbonyl (C=O) groups is 1. The Balaban J connectivity index is 1.40. The van der Waals surface area contributed by atoms with Gasteiger partial charge in [-0.1, -0.05) is 30.3 Å². The van der Waals surface area contributed by atoms with Gasteiger partial charge in [-0.15, -0.1) is 11.3 Å². The van der Waals surface area contributed by atoms with Crippen molar-refractivity contribution in [2.45, 2.75) is 38.6 Å². The standard InChI is InChI=1S/C23H23F2N5OS/c1-14-27-19(20(32-14)15-5-3-2-4-6-15)21(31)30-10-9-23(7-8-23)12-16(30)13-26-22-28-17(24)11-18(25)29-22/h2-6,11,16H,7-10,12-13H2,1H3,(H,26,28,29). The number of anilines is 1. The third-order valence-corrected chi connectivity index (χ3v) is 7.36. The van der Waals surface area contributed by atoms with E-state index < -0.39 is 11.9 Å². The average Bonchev–Trinajstić information content (AvgIpc) is 3.40. The maximum atomic E-state index is 13.7. The van der Waals surface area contributed by atoms with Crippen molar-refractivity contribution in [1.82, 2.24) is 19.9 Å². The highest BCUT2D eigenvalue weighted by Gasteiger charge is 2.49. The van der Waals surface area contributed by atoms with Gasteiger partial charge in [-0.25, -0.2) is 4.98 Å². The molecule has 5 rings (SSSR count). The summed E-state index contributed by atoms with van der Waals surface area (Å²) in [7, 11) is 0. The molecule has 32 heavy (non-hydrogen) atoms. The highest BCUT2D eigenvalue weighted by molar-refractivity contribution is 7.15. The zero-order chi connectivity index (χ0) is 22.3. The minimum absolute atomic E-state index is 0.109. The lowest BCUT2D eigenvalue weighted by atomic mass is 9.87. The molecule has 0 radical (unpaired) electrons. The lowest BCUT2D eigenvalue weighted by molar-refractivity contribution is 0.0541. The van der Waals surface area contributed by atoms with Crippen molar-refractivity contribution in [3.8, 4) is 10.4 Å². The monoisotopic (exact) mass is 455 g/mol. The van der Waals surface area contributed by atoms with Crippen molar-refractivity contribution in [3.05, 3.63) is 59.0 Å². The minimum atomic E-state index is -0.930. The number of nitrogens with zero attached hydrogens (tertiary/aromatic N) is 4. The predicted octanol–water partition coefficient (Wildman–Crippen LogP) is 4.68. The molecule has 1 spiro atoms. The first-order valence-corrected chi connectivity index (χ1v) is 11.5. The van der Waals surface area contributed by atoms with Gasteiger partial charge in [0, 0.05) is 25.2 Å². The van der Waals surface area contributed by atoms with Crippen LogP contribution in [0.15, 0.2) is 36.4 Å². The maximum absolute atomic E-state index is 13.7. The van der Waals surface area contributed by atoms with Crippen LogP contribution in [-0.4, -0.2) is 44.9 Å². The number of benzene rings is 1. The molecule has 2 aromatic heterocycles. The smallest absolute Gasteiger partial charge is 0.274 e. The van der Waals surface area contributed by atoms with Crippen LogP contribution in [0.2, 0.25) is 0 Å². The van der Waals surface area contributed by atoms with Gasteiger partial charge in [0.15, 0.2) is 0 Å². The summed E-state index contributed by atoms with van der Waals surface area (Å²) in [6.45, 7) is 2.85. The topological polar surface area (TPSA) is 71.0 Å². The van der Waals surface area contributed by atoms with E-state index in [1.807, 2.05) is 42.2 Å².